The van der Waals surface area contributed by atoms with Crippen LogP contribution in [0.2, 0.25) is 5.02 Å². The number of aromatic nitrogens is 1. The van der Waals surface area contributed by atoms with Crippen LogP contribution in [-0.2, 0) is 6.54 Å². The number of nitrogens with two attached hydrogens (primary N) is 1. The van der Waals surface area contributed by atoms with Crippen molar-refractivity contribution in [2.45, 2.75) is 6.54 Å². The third-order valence-electron chi connectivity index (χ3n) is 2.24. The van der Waals surface area contributed by atoms with Gasteiger partial charge in [-0.3, -0.25) is 0 Å². The second-order valence-corrected chi connectivity index (χ2v) is 4.81. The summed E-state index contributed by atoms with van der Waals surface area (Å²) < 4.78 is 5.25. The van der Waals surface area contributed by atoms with Gasteiger partial charge in [0, 0.05) is 17.1 Å². The number of methoxy groups -OCH3 is 1. The Balaban J connectivity index is 2.13. The summed E-state index contributed by atoms with van der Waals surface area (Å²) in [4.78, 5) is 4.11. The largest absolute Gasteiger partial charge is 0.496 e. The van der Waals surface area contributed by atoms with Crippen molar-refractivity contribution >= 4 is 33.1 Å². The summed E-state index contributed by atoms with van der Waals surface area (Å²) in [6.07, 6.45) is 1.62. The average Bonchev–Trinajstić information content (AvgIpc) is 2.73. The normalized spacial score (nSPS) is 10.2. The van der Waals surface area contributed by atoms with E-state index in [9.17, 15) is 0 Å². The molecule has 90 valence electrons. The van der Waals surface area contributed by atoms with Crippen LogP contribution in [0, 0.1) is 0 Å². The summed E-state index contributed by atoms with van der Waals surface area (Å²) >= 11 is 7.52. The van der Waals surface area contributed by atoms with Gasteiger partial charge in [-0.25, -0.2) is 4.98 Å². The van der Waals surface area contributed by atoms with Gasteiger partial charge in [0.25, 0.3) is 0 Å². The average molecular weight is 270 g/mol. The molecule has 0 radical (unpaired) electrons. The lowest BCUT2D eigenvalue weighted by Crippen LogP contribution is -2.02. The van der Waals surface area contributed by atoms with Crippen LogP contribution >= 0.6 is 22.9 Å². The molecular formula is C11H12ClN3OS. The molecule has 2 rings (SSSR count). The minimum absolute atomic E-state index is 0.551. The van der Waals surface area contributed by atoms with Crippen LogP contribution in [0.1, 0.15) is 5.56 Å². The molecule has 0 aliphatic rings. The lowest BCUT2D eigenvalue weighted by molar-refractivity contribution is 0.410. The Hall–Kier alpha value is -1.46. The standard InChI is InChI=1S/C11H12ClN3OS/c1-16-9-4-2-3-8(12)7(9)5-14-11-15-6-10(13)17-11/h2-4,6H,5,13H2,1H3,(H,14,15). The zero-order chi connectivity index (χ0) is 12.3. The number of nitrogens with one attached hydrogen (secondary N) is 1. The fourth-order valence-corrected chi connectivity index (χ4v) is 2.25. The van der Waals surface area contributed by atoms with E-state index in [0.29, 0.717) is 16.6 Å². The highest BCUT2D eigenvalue weighted by molar-refractivity contribution is 7.19. The van der Waals surface area contributed by atoms with E-state index in [4.69, 9.17) is 22.1 Å². The van der Waals surface area contributed by atoms with Gasteiger partial charge >= 0.3 is 0 Å². The van der Waals surface area contributed by atoms with Gasteiger partial charge in [0.1, 0.15) is 10.8 Å². The maximum Gasteiger partial charge on any atom is 0.184 e. The van der Waals surface area contributed by atoms with Gasteiger partial charge in [-0.15, -0.1) is 0 Å². The topological polar surface area (TPSA) is 60.2 Å². The molecule has 0 aliphatic heterocycles. The monoisotopic (exact) mass is 269 g/mol. The lowest BCUT2D eigenvalue weighted by Gasteiger charge is -2.10. The molecule has 0 unspecified atom stereocenters. The van der Waals surface area contributed by atoms with Gasteiger partial charge in [-0.2, -0.15) is 0 Å². The number of nitrogens with zero attached hydrogens (tertiary/aromatic N) is 1. The third-order valence-corrected chi connectivity index (χ3v) is 3.37. The summed E-state index contributed by atoms with van der Waals surface area (Å²) in [7, 11) is 1.62. The maximum absolute atomic E-state index is 6.12. The van der Waals surface area contributed by atoms with Gasteiger partial charge in [0.05, 0.1) is 13.3 Å². The zero-order valence-electron chi connectivity index (χ0n) is 9.24. The van der Waals surface area contributed by atoms with Crippen molar-refractivity contribution in [1.82, 2.24) is 4.98 Å². The zero-order valence-corrected chi connectivity index (χ0v) is 10.8. The third kappa shape index (κ3) is 2.81. The minimum Gasteiger partial charge on any atom is -0.496 e. The number of rotatable bonds is 4. The fourth-order valence-electron chi connectivity index (χ4n) is 1.43. The molecule has 3 N–H and O–H groups in total. The first-order chi connectivity index (χ1) is 8.20. The van der Waals surface area contributed by atoms with E-state index >= 15 is 0 Å². The lowest BCUT2D eigenvalue weighted by atomic mass is 10.2. The molecule has 0 bridgehead atoms. The molecule has 17 heavy (non-hydrogen) atoms. The Labute approximate surface area is 108 Å². The van der Waals surface area contributed by atoms with Crippen molar-refractivity contribution < 1.29 is 4.74 Å². The van der Waals surface area contributed by atoms with Gasteiger partial charge < -0.3 is 15.8 Å². The molecule has 2 aromatic rings. The van der Waals surface area contributed by atoms with Crippen LogP contribution in [0.15, 0.2) is 24.4 Å². The molecule has 6 heteroatoms. The molecule has 0 fully saturated rings. The number of hydrogen-bond donors (Lipinski definition) is 2. The van der Waals surface area contributed by atoms with Crippen LogP contribution in [0.4, 0.5) is 10.1 Å². The Kier molecular flexibility index (Phi) is 3.71. The second kappa shape index (κ2) is 5.25. The van der Waals surface area contributed by atoms with E-state index in [-0.39, 0.29) is 0 Å². The number of benzene rings is 1. The molecule has 0 amide bonds. The predicted molar refractivity (Wildman–Crippen MR) is 71.9 cm³/mol. The van der Waals surface area contributed by atoms with Gasteiger partial charge in [0.2, 0.25) is 0 Å². The molecule has 1 aromatic carbocycles. The molecular weight excluding hydrogens is 258 g/mol. The quantitative estimate of drug-likeness (QED) is 0.896. The molecule has 4 nitrogen and oxygen atoms in total. The Morgan fingerprint density at radius 1 is 1.53 bits per heavy atom. The van der Waals surface area contributed by atoms with Gasteiger partial charge in [0.15, 0.2) is 5.13 Å². The fraction of sp³-hybridized carbons (Fsp3) is 0.182. The molecule has 0 saturated heterocycles. The summed E-state index contributed by atoms with van der Waals surface area (Å²) in [5.41, 5.74) is 6.51. The summed E-state index contributed by atoms with van der Waals surface area (Å²) in [5, 5.41) is 5.28. The second-order valence-electron chi connectivity index (χ2n) is 3.34. The Morgan fingerprint density at radius 3 is 3.00 bits per heavy atom. The van der Waals surface area contributed by atoms with E-state index in [0.717, 1.165) is 16.4 Å². The number of ether oxygens (including phenoxy) is 1. The first kappa shape index (κ1) is 12.0. The first-order valence-electron chi connectivity index (χ1n) is 4.97. The highest BCUT2D eigenvalue weighted by atomic mass is 35.5. The van der Waals surface area contributed by atoms with Crippen LogP contribution < -0.4 is 15.8 Å². The van der Waals surface area contributed by atoms with E-state index in [1.807, 2.05) is 18.2 Å². The number of thiazole rings is 1. The highest BCUT2D eigenvalue weighted by Gasteiger charge is 2.08. The Morgan fingerprint density at radius 2 is 2.35 bits per heavy atom. The predicted octanol–water partition coefficient (Wildman–Crippen LogP) is 3.00. The van der Waals surface area contributed by atoms with Gasteiger partial charge in [-0.05, 0) is 12.1 Å². The molecule has 1 heterocycles. The molecule has 0 atom stereocenters. The smallest absolute Gasteiger partial charge is 0.184 e. The number of halogens is 1. The van der Waals surface area contributed by atoms with E-state index in [1.165, 1.54) is 11.3 Å². The summed E-state index contributed by atoms with van der Waals surface area (Å²) in [6.45, 7) is 0.551. The van der Waals surface area contributed by atoms with Crippen molar-refractivity contribution in [3.05, 3.63) is 35.0 Å². The Bertz CT molecular complexity index is 515. The van der Waals surface area contributed by atoms with Gasteiger partial charge in [-0.1, -0.05) is 29.0 Å². The maximum atomic E-state index is 6.12. The number of hydrogen-bond acceptors (Lipinski definition) is 5. The molecule has 0 aliphatic carbocycles. The van der Waals surface area contributed by atoms with E-state index < -0.39 is 0 Å². The summed E-state index contributed by atoms with van der Waals surface area (Å²) in [5.74, 6) is 0.759. The first-order valence-corrected chi connectivity index (χ1v) is 6.16. The van der Waals surface area contributed by atoms with Crippen LogP contribution in [0.3, 0.4) is 0 Å². The van der Waals surface area contributed by atoms with Crippen molar-refractivity contribution in [3.8, 4) is 5.75 Å². The molecule has 0 spiro atoms. The van der Waals surface area contributed by atoms with Crippen LogP contribution in [0.5, 0.6) is 5.75 Å². The number of nitrogen functional groups attached to an aromatic ring is 1. The van der Waals surface area contributed by atoms with Crippen molar-refractivity contribution in [2.24, 2.45) is 0 Å². The number of anilines is 2. The minimum atomic E-state index is 0.551. The van der Waals surface area contributed by atoms with E-state index in [1.54, 1.807) is 13.3 Å². The van der Waals surface area contributed by atoms with Crippen molar-refractivity contribution in [1.29, 1.82) is 0 Å². The van der Waals surface area contributed by atoms with Crippen LogP contribution in [-0.4, -0.2) is 12.1 Å². The van der Waals surface area contributed by atoms with E-state index in [2.05, 4.69) is 10.3 Å². The molecule has 1 aromatic heterocycles. The van der Waals surface area contributed by atoms with Crippen molar-refractivity contribution in [3.63, 3.8) is 0 Å². The molecule has 0 saturated carbocycles. The highest BCUT2D eigenvalue weighted by Crippen LogP contribution is 2.28. The summed E-state index contributed by atoms with van der Waals surface area (Å²) in [6, 6.07) is 5.56. The SMILES string of the molecule is COc1cccc(Cl)c1CNc1ncc(N)s1. The van der Waals surface area contributed by atoms with Crippen molar-refractivity contribution in [2.75, 3.05) is 18.2 Å². The van der Waals surface area contributed by atoms with Crippen LogP contribution in [0.25, 0.3) is 0 Å².